The van der Waals surface area contributed by atoms with Gasteiger partial charge in [-0.25, -0.2) is 0 Å². The fourth-order valence-electron chi connectivity index (χ4n) is 2.49. The molecule has 0 aliphatic rings. The summed E-state index contributed by atoms with van der Waals surface area (Å²) < 4.78 is 0. The quantitative estimate of drug-likeness (QED) is 0.855. The average Bonchev–Trinajstić information content (AvgIpc) is 2.56. The maximum Gasteiger partial charge on any atom is 0.223 e. The molecule has 23 heavy (non-hydrogen) atoms. The number of para-hydroxylation sites is 1. The largest absolute Gasteiger partial charge is 0.354 e. The third-order valence-electron chi connectivity index (χ3n) is 3.70. The van der Waals surface area contributed by atoms with E-state index >= 15 is 0 Å². The highest BCUT2D eigenvalue weighted by molar-refractivity contribution is 6.01. The van der Waals surface area contributed by atoms with Crippen LogP contribution in [0.1, 0.15) is 33.1 Å². The van der Waals surface area contributed by atoms with Crippen LogP contribution in [0, 0.1) is 0 Å². The van der Waals surface area contributed by atoms with Gasteiger partial charge in [0.15, 0.2) is 0 Å². The zero-order valence-corrected chi connectivity index (χ0v) is 13.7. The summed E-state index contributed by atoms with van der Waals surface area (Å²) in [4.78, 5) is 29.7. The summed E-state index contributed by atoms with van der Waals surface area (Å²) in [6.07, 6.45) is 4.13. The molecule has 0 bridgehead atoms. The lowest BCUT2D eigenvalue weighted by atomic mass is 10.1. The molecule has 0 aliphatic heterocycles. The van der Waals surface area contributed by atoms with Crippen molar-refractivity contribution in [1.82, 2.24) is 10.3 Å². The molecule has 0 saturated carbocycles. The topological polar surface area (TPSA) is 62.3 Å². The van der Waals surface area contributed by atoms with Gasteiger partial charge in [-0.2, -0.15) is 0 Å². The van der Waals surface area contributed by atoms with E-state index in [1.165, 1.54) is 6.92 Å². The smallest absolute Gasteiger partial charge is 0.223 e. The molecule has 2 amide bonds. The Labute approximate surface area is 136 Å². The number of carbonyl (C=O) groups is 2. The van der Waals surface area contributed by atoms with Crippen LogP contribution in [0.3, 0.4) is 0 Å². The van der Waals surface area contributed by atoms with Gasteiger partial charge < -0.3 is 10.2 Å². The predicted octanol–water partition coefficient (Wildman–Crippen LogP) is 2.89. The fraction of sp³-hybridized carbons (Fsp3) is 0.389. The van der Waals surface area contributed by atoms with Crippen molar-refractivity contribution >= 4 is 28.4 Å². The SMILES string of the molecule is CCCCC(=O)NCCN(C(C)=O)c1cccc2cccnc12. The van der Waals surface area contributed by atoms with E-state index in [1.54, 1.807) is 11.1 Å². The van der Waals surface area contributed by atoms with E-state index in [0.29, 0.717) is 19.5 Å². The Hall–Kier alpha value is -2.43. The summed E-state index contributed by atoms with van der Waals surface area (Å²) >= 11 is 0. The summed E-state index contributed by atoms with van der Waals surface area (Å²) in [5, 5.41) is 3.86. The number of amides is 2. The van der Waals surface area contributed by atoms with Crippen molar-refractivity contribution in [3.63, 3.8) is 0 Å². The molecule has 0 atom stereocenters. The van der Waals surface area contributed by atoms with Crippen molar-refractivity contribution in [3.8, 4) is 0 Å². The van der Waals surface area contributed by atoms with Gasteiger partial charge in [0.1, 0.15) is 0 Å². The van der Waals surface area contributed by atoms with Crippen LogP contribution in [0.4, 0.5) is 5.69 Å². The maximum absolute atomic E-state index is 12.0. The molecule has 1 aromatic heterocycles. The minimum Gasteiger partial charge on any atom is -0.354 e. The molecule has 2 aromatic rings. The van der Waals surface area contributed by atoms with Gasteiger partial charge >= 0.3 is 0 Å². The second kappa shape index (κ2) is 8.27. The van der Waals surface area contributed by atoms with Crippen molar-refractivity contribution in [3.05, 3.63) is 36.5 Å². The molecule has 5 heteroatoms. The van der Waals surface area contributed by atoms with Crippen molar-refractivity contribution < 1.29 is 9.59 Å². The molecular weight excluding hydrogens is 290 g/mol. The first-order valence-electron chi connectivity index (χ1n) is 8.02. The van der Waals surface area contributed by atoms with Gasteiger partial charge in [-0.3, -0.25) is 14.6 Å². The lowest BCUT2D eigenvalue weighted by Crippen LogP contribution is -2.37. The number of fused-ring (bicyclic) bond motifs is 1. The molecule has 0 saturated heterocycles. The second-order valence-corrected chi connectivity index (χ2v) is 5.48. The van der Waals surface area contributed by atoms with Gasteiger partial charge in [-0.1, -0.05) is 31.5 Å². The number of benzene rings is 1. The van der Waals surface area contributed by atoms with Crippen LogP contribution in [0.5, 0.6) is 0 Å². The molecule has 0 fully saturated rings. The number of hydrogen-bond acceptors (Lipinski definition) is 3. The Bertz CT molecular complexity index is 680. The monoisotopic (exact) mass is 313 g/mol. The number of anilines is 1. The Morgan fingerprint density at radius 2 is 2.00 bits per heavy atom. The summed E-state index contributed by atoms with van der Waals surface area (Å²) in [5.41, 5.74) is 1.57. The number of nitrogens with zero attached hydrogens (tertiary/aromatic N) is 2. The molecule has 1 N–H and O–H groups in total. The molecule has 0 unspecified atom stereocenters. The molecule has 0 aliphatic carbocycles. The van der Waals surface area contributed by atoms with Crippen LogP contribution < -0.4 is 10.2 Å². The Morgan fingerprint density at radius 3 is 2.74 bits per heavy atom. The second-order valence-electron chi connectivity index (χ2n) is 5.48. The molecule has 2 rings (SSSR count). The minimum absolute atomic E-state index is 0.0337. The van der Waals surface area contributed by atoms with Crippen LogP contribution in [0.25, 0.3) is 10.9 Å². The molecular formula is C18H23N3O2. The van der Waals surface area contributed by atoms with Gasteiger partial charge in [-0.05, 0) is 18.6 Å². The van der Waals surface area contributed by atoms with Crippen LogP contribution in [0.15, 0.2) is 36.5 Å². The van der Waals surface area contributed by atoms with Crippen molar-refractivity contribution in [1.29, 1.82) is 0 Å². The first-order chi connectivity index (χ1) is 11.1. The van der Waals surface area contributed by atoms with Crippen molar-refractivity contribution in [2.75, 3.05) is 18.0 Å². The molecule has 1 aromatic carbocycles. The summed E-state index contributed by atoms with van der Waals surface area (Å²) in [7, 11) is 0. The number of carbonyl (C=O) groups excluding carboxylic acids is 2. The lowest BCUT2D eigenvalue weighted by Gasteiger charge is -2.22. The van der Waals surface area contributed by atoms with E-state index in [9.17, 15) is 9.59 Å². The third kappa shape index (κ3) is 4.52. The molecule has 0 spiro atoms. The molecule has 0 radical (unpaired) electrons. The highest BCUT2D eigenvalue weighted by Gasteiger charge is 2.15. The van der Waals surface area contributed by atoms with Gasteiger partial charge in [0.2, 0.25) is 11.8 Å². The van der Waals surface area contributed by atoms with Crippen LogP contribution >= 0.6 is 0 Å². The highest BCUT2D eigenvalue weighted by atomic mass is 16.2. The van der Waals surface area contributed by atoms with Gasteiger partial charge in [0.25, 0.3) is 0 Å². The van der Waals surface area contributed by atoms with E-state index in [0.717, 1.165) is 29.4 Å². The molecule has 122 valence electrons. The van der Waals surface area contributed by atoms with Crippen molar-refractivity contribution in [2.24, 2.45) is 0 Å². The fourth-order valence-corrected chi connectivity index (χ4v) is 2.49. The zero-order chi connectivity index (χ0) is 16.7. The Kier molecular flexibility index (Phi) is 6.09. The Morgan fingerprint density at radius 1 is 1.22 bits per heavy atom. The lowest BCUT2D eigenvalue weighted by molar-refractivity contribution is -0.121. The van der Waals surface area contributed by atoms with Crippen LogP contribution in [0.2, 0.25) is 0 Å². The van der Waals surface area contributed by atoms with E-state index < -0.39 is 0 Å². The van der Waals surface area contributed by atoms with Gasteiger partial charge in [0, 0.05) is 38.0 Å². The van der Waals surface area contributed by atoms with Gasteiger partial charge in [-0.15, -0.1) is 0 Å². The summed E-state index contributed by atoms with van der Waals surface area (Å²) in [5.74, 6) is -0.0302. The molecule has 5 nitrogen and oxygen atoms in total. The third-order valence-corrected chi connectivity index (χ3v) is 3.70. The predicted molar refractivity (Wildman–Crippen MR) is 92.3 cm³/mol. The number of pyridine rings is 1. The zero-order valence-electron chi connectivity index (χ0n) is 13.7. The standard InChI is InChI=1S/C18H23N3O2/c1-3-4-10-17(23)19-12-13-21(14(2)22)16-9-5-7-15-8-6-11-20-18(15)16/h5-9,11H,3-4,10,12-13H2,1-2H3,(H,19,23). The Balaban J connectivity index is 2.09. The summed E-state index contributed by atoms with van der Waals surface area (Å²) in [6, 6.07) is 9.61. The number of rotatable bonds is 7. The van der Waals surface area contributed by atoms with Gasteiger partial charge in [0.05, 0.1) is 11.2 Å². The van der Waals surface area contributed by atoms with Crippen molar-refractivity contribution in [2.45, 2.75) is 33.1 Å². The molecule has 1 heterocycles. The number of aromatic nitrogens is 1. The number of hydrogen-bond donors (Lipinski definition) is 1. The van der Waals surface area contributed by atoms with Crippen LogP contribution in [-0.2, 0) is 9.59 Å². The summed E-state index contributed by atoms with van der Waals surface area (Å²) in [6.45, 7) is 4.45. The van der Waals surface area contributed by atoms with E-state index in [-0.39, 0.29) is 11.8 Å². The minimum atomic E-state index is -0.0639. The normalized spacial score (nSPS) is 10.5. The number of nitrogens with one attached hydrogen (secondary N) is 1. The first kappa shape index (κ1) is 16.9. The maximum atomic E-state index is 12.0. The highest BCUT2D eigenvalue weighted by Crippen LogP contribution is 2.24. The van der Waals surface area contributed by atoms with E-state index in [1.807, 2.05) is 30.3 Å². The first-order valence-corrected chi connectivity index (χ1v) is 8.02. The number of unbranched alkanes of at least 4 members (excludes halogenated alkanes) is 1. The van der Waals surface area contributed by atoms with Crippen LogP contribution in [-0.4, -0.2) is 29.9 Å². The average molecular weight is 313 g/mol. The van der Waals surface area contributed by atoms with E-state index in [2.05, 4.69) is 17.2 Å². The van der Waals surface area contributed by atoms with E-state index in [4.69, 9.17) is 0 Å².